The maximum absolute atomic E-state index is 12.7. The normalized spacial score (nSPS) is 18.5. The van der Waals surface area contributed by atoms with Gasteiger partial charge in [0.2, 0.25) is 5.91 Å². The van der Waals surface area contributed by atoms with Crippen molar-refractivity contribution >= 4 is 23.8 Å². The lowest BCUT2D eigenvalue weighted by Crippen LogP contribution is -2.48. The molecular formula is C20H20N4O4. The Morgan fingerprint density at radius 1 is 1.00 bits per heavy atom. The van der Waals surface area contributed by atoms with Gasteiger partial charge in [-0.1, -0.05) is 48.5 Å². The highest BCUT2D eigenvalue weighted by Crippen LogP contribution is 2.27. The van der Waals surface area contributed by atoms with Crippen LogP contribution < -0.4 is 16.1 Å². The SMILES string of the molecule is CC1(c2ccccc2)NC(=O)N(NC(=O)CCNC(=O)c2ccccc2)C1=O. The molecule has 1 fully saturated rings. The van der Waals surface area contributed by atoms with Crippen LogP contribution in [-0.4, -0.2) is 35.3 Å². The van der Waals surface area contributed by atoms with Gasteiger partial charge in [0.1, 0.15) is 5.54 Å². The minimum Gasteiger partial charge on any atom is -0.352 e. The summed E-state index contributed by atoms with van der Waals surface area (Å²) in [6.07, 6.45) is -0.0856. The number of hydrazine groups is 1. The van der Waals surface area contributed by atoms with E-state index in [1.165, 1.54) is 0 Å². The fourth-order valence-corrected chi connectivity index (χ4v) is 2.87. The summed E-state index contributed by atoms with van der Waals surface area (Å²) in [6, 6.07) is 16.7. The third kappa shape index (κ3) is 3.85. The Hall–Kier alpha value is -3.68. The van der Waals surface area contributed by atoms with E-state index >= 15 is 0 Å². The Bertz CT molecular complexity index is 901. The number of carbonyl (C=O) groups excluding carboxylic acids is 4. The van der Waals surface area contributed by atoms with Crippen molar-refractivity contribution in [1.29, 1.82) is 0 Å². The van der Waals surface area contributed by atoms with Gasteiger partial charge in [0.05, 0.1) is 0 Å². The van der Waals surface area contributed by atoms with Crippen molar-refractivity contribution in [3.8, 4) is 0 Å². The number of hydrogen-bond donors (Lipinski definition) is 3. The number of amides is 5. The van der Waals surface area contributed by atoms with E-state index < -0.39 is 23.4 Å². The van der Waals surface area contributed by atoms with E-state index in [2.05, 4.69) is 16.1 Å². The number of rotatable bonds is 6. The number of urea groups is 1. The maximum Gasteiger partial charge on any atom is 0.344 e. The predicted molar refractivity (Wildman–Crippen MR) is 101 cm³/mol. The van der Waals surface area contributed by atoms with Crippen LogP contribution in [0.5, 0.6) is 0 Å². The number of benzene rings is 2. The molecule has 0 bridgehead atoms. The van der Waals surface area contributed by atoms with Gasteiger partial charge in [-0.05, 0) is 24.6 Å². The Morgan fingerprint density at radius 2 is 1.61 bits per heavy atom. The van der Waals surface area contributed by atoms with Crippen LogP contribution in [0.15, 0.2) is 60.7 Å². The number of nitrogens with one attached hydrogen (secondary N) is 3. The zero-order valence-corrected chi connectivity index (χ0v) is 15.3. The summed E-state index contributed by atoms with van der Waals surface area (Å²) in [5.41, 5.74) is 2.13. The van der Waals surface area contributed by atoms with Crippen LogP contribution in [0.2, 0.25) is 0 Å². The zero-order valence-electron chi connectivity index (χ0n) is 15.3. The number of carbonyl (C=O) groups is 4. The Kier molecular flexibility index (Phi) is 5.39. The van der Waals surface area contributed by atoms with Crippen LogP contribution in [0.25, 0.3) is 0 Å². The van der Waals surface area contributed by atoms with Crippen molar-refractivity contribution in [2.24, 2.45) is 0 Å². The smallest absolute Gasteiger partial charge is 0.344 e. The van der Waals surface area contributed by atoms with Gasteiger partial charge in [0.25, 0.3) is 11.8 Å². The molecule has 0 aliphatic carbocycles. The molecule has 0 saturated carbocycles. The first-order valence-electron chi connectivity index (χ1n) is 8.77. The Morgan fingerprint density at radius 3 is 2.25 bits per heavy atom. The average Bonchev–Trinajstić information content (AvgIpc) is 2.93. The lowest BCUT2D eigenvalue weighted by Gasteiger charge is -2.22. The highest BCUT2D eigenvalue weighted by Gasteiger charge is 2.49. The third-order valence-electron chi connectivity index (χ3n) is 4.45. The summed E-state index contributed by atoms with van der Waals surface area (Å²) in [5, 5.41) is 5.89. The molecule has 2 aromatic rings. The molecule has 1 unspecified atom stereocenters. The molecule has 5 amide bonds. The molecule has 3 rings (SSSR count). The van der Waals surface area contributed by atoms with E-state index in [1.54, 1.807) is 67.6 Å². The molecule has 2 aromatic carbocycles. The van der Waals surface area contributed by atoms with Crippen molar-refractivity contribution < 1.29 is 19.2 Å². The summed E-state index contributed by atoms with van der Waals surface area (Å²) in [6.45, 7) is 1.65. The summed E-state index contributed by atoms with van der Waals surface area (Å²) in [7, 11) is 0. The fourth-order valence-electron chi connectivity index (χ4n) is 2.87. The van der Waals surface area contributed by atoms with Gasteiger partial charge in [0, 0.05) is 18.5 Å². The van der Waals surface area contributed by atoms with Gasteiger partial charge in [-0.2, -0.15) is 5.01 Å². The van der Waals surface area contributed by atoms with Crippen molar-refractivity contribution in [2.45, 2.75) is 18.9 Å². The molecule has 144 valence electrons. The Labute approximate surface area is 161 Å². The summed E-state index contributed by atoms with van der Waals surface area (Å²) in [5.74, 6) is -1.44. The Balaban J connectivity index is 1.55. The molecule has 0 spiro atoms. The van der Waals surface area contributed by atoms with Gasteiger partial charge >= 0.3 is 6.03 Å². The minimum absolute atomic E-state index is 0.0686. The minimum atomic E-state index is -1.26. The molecule has 1 aliphatic rings. The van der Waals surface area contributed by atoms with Crippen molar-refractivity contribution in [1.82, 2.24) is 21.1 Å². The number of hydrogen-bond acceptors (Lipinski definition) is 4. The average molecular weight is 380 g/mol. The fraction of sp³-hybridized carbons (Fsp3) is 0.200. The molecule has 1 aliphatic heterocycles. The molecular weight excluding hydrogens is 360 g/mol. The van der Waals surface area contributed by atoms with Crippen molar-refractivity contribution in [2.75, 3.05) is 6.54 Å². The molecule has 1 saturated heterocycles. The monoisotopic (exact) mass is 380 g/mol. The highest BCUT2D eigenvalue weighted by molar-refractivity contribution is 6.08. The molecule has 1 heterocycles. The van der Waals surface area contributed by atoms with E-state index in [-0.39, 0.29) is 18.9 Å². The van der Waals surface area contributed by atoms with E-state index in [0.717, 1.165) is 0 Å². The van der Waals surface area contributed by atoms with Gasteiger partial charge < -0.3 is 10.6 Å². The second-order valence-corrected chi connectivity index (χ2v) is 6.47. The first kappa shape index (κ1) is 19.1. The molecule has 0 aromatic heterocycles. The van der Waals surface area contributed by atoms with E-state index in [4.69, 9.17) is 0 Å². The predicted octanol–water partition coefficient (Wildman–Crippen LogP) is 1.30. The van der Waals surface area contributed by atoms with E-state index in [1.807, 2.05) is 0 Å². The quantitative estimate of drug-likeness (QED) is 0.657. The van der Waals surface area contributed by atoms with Crippen LogP contribution in [-0.2, 0) is 15.1 Å². The van der Waals surface area contributed by atoms with Crippen molar-refractivity contribution in [3.63, 3.8) is 0 Å². The van der Waals surface area contributed by atoms with Gasteiger partial charge in [-0.25, -0.2) is 4.79 Å². The molecule has 1 atom stereocenters. The van der Waals surface area contributed by atoms with Crippen LogP contribution in [0.3, 0.4) is 0 Å². The van der Waals surface area contributed by atoms with Crippen LogP contribution in [0.1, 0.15) is 29.3 Å². The standard InChI is InChI=1S/C20H20N4O4/c1-20(15-10-6-3-7-11-15)18(27)24(19(28)22-20)23-16(25)12-13-21-17(26)14-8-4-2-5-9-14/h2-11H,12-13H2,1H3,(H,21,26)(H,22,28)(H,23,25). The van der Waals surface area contributed by atoms with Crippen LogP contribution >= 0.6 is 0 Å². The van der Waals surface area contributed by atoms with Crippen molar-refractivity contribution in [3.05, 3.63) is 71.8 Å². The summed E-state index contributed by atoms with van der Waals surface area (Å²) >= 11 is 0. The molecule has 8 heteroatoms. The van der Waals surface area contributed by atoms with E-state index in [9.17, 15) is 19.2 Å². The zero-order chi connectivity index (χ0) is 20.1. The summed E-state index contributed by atoms with van der Waals surface area (Å²) < 4.78 is 0. The van der Waals surface area contributed by atoms with Gasteiger partial charge in [0.15, 0.2) is 0 Å². The lowest BCUT2D eigenvalue weighted by molar-refractivity contribution is -0.138. The van der Waals surface area contributed by atoms with Crippen LogP contribution in [0.4, 0.5) is 4.79 Å². The van der Waals surface area contributed by atoms with E-state index in [0.29, 0.717) is 16.1 Å². The molecule has 3 N–H and O–H groups in total. The lowest BCUT2D eigenvalue weighted by atomic mass is 9.92. The topological polar surface area (TPSA) is 108 Å². The summed E-state index contributed by atoms with van der Waals surface area (Å²) in [4.78, 5) is 48.9. The van der Waals surface area contributed by atoms with Gasteiger partial charge in [-0.3, -0.25) is 19.8 Å². The molecule has 0 radical (unpaired) electrons. The number of imide groups is 1. The third-order valence-corrected chi connectivity index (χ3v) is 4.45. The first-order valence-corrected chi connectivity index (χ1v) is 8.77. The second-order valence-electron chi connectivity index (χ2n) is 6.47. The molecule has 28 heavy (non-hydrogen) atoms. The molecule has 8 nitrogen and oxygen atoms in total. The van der Waals surface area contributed by atoms with Crippen LogP contribution in [0, 0.1) is 0 Å². The maximum atomic E-state index is 12.7. The first-order chi connectivity index (χ1) is 13.4. The van der Waals surface area contributed by atoms with Gasteiger partial charge in [-0.15, -0.1) is 0 Å². The largest absolute Gasteiger partial charge is 0.352 e. The highest BCUT2D eigenvalue weighted by atomic mass is 16.2. The second kappa shape index (κ2) is 7.91. The number of nitrogens with zero attached hydrogens (tertiary/aromatic N) is 1.